The topological polar surface area (TPSA) is 20.3 Å². The second-order valence-electron chi connectivity index (χ2n) is 7.72. The molecule has 1 aliphatic heterocycles. The molecule has 1 aliphatic rings. The fourth-order valence-corrected chi connectivity index (χ4v) is 5.64. The average molecular weight is 350 g/mol. The van der Waals surface area contributed by atoms with Gasteiger partial charge in [-0.05, 0) is 23.1 Å². The van der Waals surface area contributed by atoms with Crippen LogP contribution < -0.4 is 0 Å². The van der Waals surface area contributed by atoms with Crippen molar-refractivity contribution >= 4 is 19.6 Å². The molecule has 2 nitrogen and oxygen atoms in total. The lowest BCUT2D eigenvalue weighted by Gasteiger charge is -2.27. The Morgan fingerprint density at radius 1 is 0.920 bits per heavy atom. The number of hydrogen-bond donors (Lipinski definition) is 0. The molecule has 130 valence electrons. The molecule has 0 aromatic heterocycles. The maximum Gasteiger partial charge on any atom is 0.246 e. The lowest BCUT2D eigenvalue weighted by molar-refractivity contribution is -0.126. The van der Waals surface area contributed by atoms with Crippen LogP contribution in [0.3, 0.4) is 0 Å². The van der Waals surface area contributed by atoms with Crippen molar-refractivity contribution in [1.29, 1.82) is 0 Å². The van der Waals surface area contributed by atoms with Crippen molar-refractivity contribution in [3.8, 4) is 0 Å². The highest BCUT2D eigenvalue weighted by Gasteiger charge is 2.44. The van der Waals surface area contributed by atoms with E-state index in [4.69, 9.17) is 0 Å². The van der Waals surface area contributed by atoms with E-state index in [-0.39, 0.29) is 11.9 Å². The zero-order chi connectivity index (χ0) is 18.0. The average Bonchev–Trinajstić information content (AvgIpc) is 2.90. The molecule has 1 atom stereocenters. The minimum atomic E-state index is -1.79. The van der Waals surface area contributed by atoms with E-state index >= 15 is 0 Å². The van der Waals surface area contributed by atoms with Gasteiger partial charge >= 0.3 is 0 Å². The molecule has 0 radical (unpaired) electrons. The highest BCUT2D eigenvalue weighted by atomic mass is 28.3. The van der Waals surface area contributed by atoms with Gasteiger partial charge in [0.15, 0.2) is 0 Å². The van der Waals surface area contributed by atoms with E-state index in [0.717, 1.165) is 18.2 Å². The summed E-state index contributed by atoms with van der Waals surface area (Å²) in [5.41, 5.74) is 3.61. The van der Waals surface area contributed by atoms with E-state index in [1.54, 1.807) is 0 Å². The number of carbonyl (C=O) groups excluding carboxylic acids is 1. The van der Waals surface area contributed by atoms with Gasteiger partial charge in [0.2, 0.25) is 5.91 Å². The van der Waals surface area contributed by atoms with Crippen LogP contribution in [0.15, 0.2) is 65.9 Å². The third kappa shape index (κ3) is 3.34. The summed E-state index contributed by atoms with van der Waals surface area (Å²) in [6.07, 6.45) is 0.968. The summed E-state index contributed by atoms with van der Waals surface area (Å²) >= 11 is 0. The van der Waals surface area contributed by atoms with E-state index in [9.17, 15) is 4.79 Å². The van der Waals surface area contributed by atoms with Gasteiger partial charge in [-0.1, -0.05) is 87.2 Å². The maximum atomic E-state index is 13.4. The summed E-state index contributed by atoms with van der Waals surface area (Å²) in [6, 6.07) is 21.0. The van der Waals surface area contributed by atoms with Crippen molar-refractivity contribution in [1.82, 2.24) is 4.90 Å². The van der Waals surface area contributed by atoms with E-state index in [1.807, 2.05) is 12.1 Å². The number of benzene rings is 2. The van der Waals surface area contributed by atoms with Crippen molar-refractivity contribution in [2.45, 2.75) is 39.0 Å². The molecule has 0 N–H and O–H groups in total. The molecule has 0 saturated carbocycles. The molecule has 1 amide bonds. The van der Waals surface area contributed by atoms with Gasteiger partial charge in [0, 0.05) is 11.7 Å². The summed E-state index contributed by atoms with van der Waals surface area (Å²) in [4.78, 5) is 15.5. The Balaban J connectivity index is 2.26. The summed E-state index contributed by atoms with van der Waals surface area (Å²) in [5, 5.41) is 1.08. The minimum Gasteiger partial charge on any atom is -0.328 e. The number of rotatable bonds is 5. The summed E-state index contributed by atoms with van der Waals surface area (Å²) in [7, 11) is -1.79. The third-order valence-corrected chi connectivity index (χ3v) is 6.73. The Bertz CT molecular complexity index is 775. The highest BCUT2D eigenvalue weighted by molar-refractivity contribution is 6.88. The first-order chi connectivity index (χ1) is 11.9. The molecular formula is C22H27NOSi. The van der Waals surface area contributed by atoms with Crippen LogP contribution in [0.2, 0.25) is 19.6 Å². The van der Waals surface area contributed by atoms with Crippen LogP contribution >= 0.6 is 0 Å². The fourth-order valence-electron chi connectivity index (χ4n) is 3.77. The Labute approximate surface area is 152 Å². The Morgan fingerprint density at radius 2 is 1.48 bits per heavy atom. The molecule has 0 spiro atoms. The SMILES string of the molecule is CCCN1C(=O)C([Si](C)(C)C)=C(c2ccccc2)C1c1ccccc1. The van der Waals surface area contributed by atoms with Crippen molar-refractivity contribution in [2.75, 3.05) is 6.54 Å². The molecule has 3 heteroatoms. The molecule has 25 heavy (non-hydrogen) atoms. The predicted octanol–water partition coefficient (Wildman–Crippen LogP) is 5.31. The number of nitrogens with zero attached hydrogens (tertiary/aromatic N) is 1. The van der Waals surface area contributed by atoms with Crippen LogP contribution in [-0.4, -0.2) is 25.4 Å². The molecule has 0 aliphatic carbocycles. The van der Waals surface area contributed by atoms with Gasteiger partial charge in [-0.15, -0.1) is 0 Å². The molecule has 0 fully saturated rings. The maximum absolute atomic E-state index is 13.4. The monoisotopic (exact) mass is 349 g/mol. The number of amides is 1. The quantitative estimate of drug-likeness (QED) is 0.670. The molecule has 1 heterocycles. The van der Waals surface area contributed by atoms with Gasteiger partial charge in [-0.25, -0.2) is 0 Å². The van der Waals surface area contributed by atoms with E-state index < -0.39 is 8.07 Å². The molecule has 0 saturated heterocycles. The van der Waals surface area contributed by atoms with Crippen LogP contribution in [0.1, 0.15) is 30.5 Å². The predicted molar refractivity (Wildman–Crippen MR) is 108 cm³/mol. The van der Waals surface area contributed by atoms with Gasteiger partial charge in [-0.2, -0.15) is 0 Å². The smallest absolute Gasteiger partial charge is 0.246 e. The van der Waals surface area contributed by atoms with Crippen molar-refractivity contribution in [2.24, 2.45) is 0 Å². The van der Waals surface area contributed by atoms with Crippen LogP contribution in [0.4, 0.5) is 0 Å². The molecular weight excluding hydrogens is 322 g/mol. The molecule has 2 aromatic carbocycles. The van der Waals surface area contributed by atoms with Crippen molar-refractivity contribution < 1.29 is 4.79 Å². The molecule has 0 bridgehead atoms. The molecule has 2 aromatic rings. The normalized spacial score (nSPS) is 18.2. The lowest BCUT2D eigenvalue weighted by atomic mass is 9.94. The largest absolute Gasteiger partial charge is 0.328 e. The van der Waals surface area contributed by atoms with Gasteiger partial charge in [0.25, 0.3) is 0 Å². The van der Waals surface area contributed by atoms with Crippen LogP contribution in [0.5, 0.6) is 0 Å². The fraction of sp³-hybridized carbons (Fsp3) is 0.318. The molecule has 3 rings (SSSR count). The van der Waals surface area contributed by atoms with E-state index in [1.165, 1.54) is 16.7 Å². The van der Waals surface area contributed by atoms with E-state index in [0.29, 0.717) is 0 Å². The highest BCUT2D eigenvalue weighted by Crippen LogP contribution is 2.46. The van der Waals surface area contributed by atoms with Gasteiger partial charge in [0.1, 0.15) is 0 Å². The first-order valence-corrected chi connectivity index (χ1v) is 12.6. The zero-order valence-electron chi connectivity index (χ0n) is 15.6. The Morgan fingerprint density at radius 3 is 2.00 bits per heavy atom. The Kier molecular flexibility index (Phi) is 4.95. The summed E-state index contributed by atoms with van der Waals surface area (Å²) < 4.78 is 0. The van der Waals surface area contributed by atoms with Crippen LogP contribution in [-0.2, 0) is 4.79 Å². The standard InChI is InChI=1S/C22H27NOSi/c1-5-16-23-20(18-14-10-7-11-15-18)19(17-12-8-6-9-13-17)21(22(23)24)25(2,3)4/h6-15,20H,5,16H2,1-4H3. The van der Waals surface area contributed by atoms with E-state index in [2.05, 4.69) is 80.0 Å². The first kappa shape index (κ1) is 17.7. The lowest BCUT2D eigenvalue weighted by Crippen LogP contribution is -2.36. The van der Waals surface area contributed by atoms with Gasteiger partial charge < -0.3 is 4.90 Å². The van der Waals surface area contributed by atoms with Crippen molar-refractivity contribution in [3.63, 3.8) is 0 Å². The second kappa shape index (κ2) is 7.01. The summed E-state index contributed by atoms with van der Waals surface area (Å²) in [6.45, 7) is 9.77. The molecule has 1 unspecified atom stereocenters. The van der Waals surface area contributed by atoms with Crippen LogP contribution in [0.25, 0.3) is 5.57 Å². The zero-order valence-corrected chi connectivity index (χ0v) is 16.6. The first-order valence-electron chi connectivity index (χ1n) is 9.11. The third-order valence-electron chi connectivity index (χ3n) is 4.74. The van der Waals surface area contributed by atoms with Crippen LogP contribution in [0, 0.1) is 0 Å². The minimum absolute atomic E-state index is 0.0257. The number of carbonyl (C=O) groups is 1. The Hall–Kier alpha value is -2.13. The number of hydrogen-bond acceptors (Lipinski definition) is 1. The van der Waals surface area contributed by atoms with Gasteiger partial charge in [0.05, 0.1) is 14.1 Å². The summed E-state index contributed by atoms with van der Waals surface area (Å²) in [5.74, 6) is 0.244. The second-order valence-corrected chi connectivity index (χ2v) is 12.7. The van der Waals surface area contributed by atoms with Crippen molar-refractivity contribution in [3.05, 3.63) is 77.0 Å². The van der Waals surface area contributed by atoms with Gasteiger partial charge in [-0.3, -0.25) is 4.79 Å².